The predicted molar refractivity (Wildman–Crippen MR) is 63.8 cm³/mol. The maximum absolute atomic E-state index is 13.2. The third-order valence-electron chi connectivity index (χ3n) is 2.05. The summed E-state index contributed by atoms with van der Waals surface area (Å²) in [6.45, 7) is 9.83. The lowest BCUT2D eigenvalue weighted by Gasteiger charge is -2.15. The van der Waals surface area contributed by atoms with Crippen LogP contribution in [0.4, 0.5) is 4.39 Å². The van der Waals surface area contributed by atoms with Crippen molar-refractivity contribution in [3.05, 3.63) is 36.7 Å². The second-order valence-corrected chi connectivity index (χ2v) is 3.55. The van der Waals surface area contributed by atoms with Crippen LogP contribution in [0.3, 0.4) is 0 Å². The van der Waals surface area contributed by atoms with E-state index in [4.69, 9.17) is 10.9 Å². The summed E-state index contributed by atoms with van der Waals surface area (Å²) in [5.41, 5.74) is 6.12. The number of alkyl halides is 1. The van der Waals surface area contributed by atoms with Crippen molar-refractivity contribution < 1.29 is 9.60 Å². The summed E-state index contributed by atoms with van der Waals surface area (Å²) in [7, 11) is 1.42. The Labute approximate surface area is 95.2 Å². The van der Waals surface area contributed by atoms with Crippen molar-refractivity contribution in [3.8, 4) is 0 Å². The van der Waals surface area contributed by atoms with E-state index in [0.29, 0.717) is 11.3 Å². The molecule has 0 aliphatic rings. The first-order chi connectivity index (χ1) is 7.20. The van der Waals surface area contributed by atoms with Gasteiger partial charge >= 0.3 is 0 Å². The van der Waals surface area contributed by atoms with Gasteiger partial charge in [0.15, 0.2) is 5.79 Å². The molecule has 3 N–H and O–H groups in total. The maximum Gasteiger partial charge on any atom is 0.194 e. The van der Waals surface area contributed by atoms with E-state index in [1.807, 2.05) is 0 Å². The lowest BCUT2D eigenvalue weighted by atomic mass is 10.2. The van der Waals surface area contributed by atoms with Crippen LogP contribution in [0.1, 0.15) is 13.8 Å². The Hall–Kier alpha value is -1.46. The van der Waals surface area contributed by atoms with Crippen LogP contribution in [0.25, 0.3) is 0 Å². The quantitative estimate of drug-likeness (QED) is 0.327. The van der Waals surface area contributed by atoms with Crippen molar-refractivity contribution >= 4 is 5.71 Å². The number of aliphatic imine (C=N–C) groups is 1. The van der Waals surface area contributed by atoms with Crippen LogP contribution < -0.4 is 5.73 Å². The van der Waals surface area contributed by atoms with E-state index in [-0.39, 0.29) is 5.71 Å². The highest BCUT2D eigenvalue weighted by atomic mass is 19.1. The first-order valence-electron chi connectivity index (χ1n) is 4.67. The molecule has 1 atom stereocenters. The van der Waals surface area contributed by atoms with Crippen molar-refractivity contribution in [1.82, 2.24) is 5.06 Å². The summed E-state index contributed by atoms with van der Waals surface area (Å²) in [6, 6.07) is 0. The van der Waals surface area contributed by atoms with Crippen LogP contribution in [0.5, 0.6) is 0 Å². The summed E-state index contributed by atoms with van der Waals surface area (Å²) in [6.07, 6.45) is 2.81. The number of likely N-dealkylation sites (N-methyl/N-ethyl adjacent to an activating group) is 1. The number of hydrogen-bond donors (Lipinski definition) is 2. The SMILES string of the molecule is C=C/C(=C\N=C(/C)C(C)(N)F)C(=C)N(C)O. The molecule has 0 saturated carbocycles. The van der Waals surface area contributed by atoms with Gasteiger partial charge in [0.25, 0.3) is 0 Å². The molecule has 0 spiro atoms. The maximum atomic E-state index is 13.2. The molecule has 0 aliphatic heterocycles. The molecule has 0 aromatic heterocycles. The molecule has 0 radical (unpaired) electrons. The molecule has 16 heavy (non-hydrogen) atoms. The number of hydroxylamine groups is 2. The first-order valence-corrected chi connectivity index (χ1v) is 4.67. The highest BCUT2D eigenvalue weighted by Gasteiger charge is 2.19. The van der Waals surface area contributed by atoms with Gasteiger partial charge < -0.3 is 0 Å². The van der Waals surface area contributed by atoms with Gasteiger partial charge in [-0.3, -0.25) is 21.0 Å². The molecule has 90 valence electrons. The van der Waals surface area contributed by atoms with Crippen LogP contribution in [0, 0.1) is 0 Å². The largest absolute Gasteiger partial charge is 0.295 e. The zero-order valence-electron chi connectivity index (χ0n) is 9.87. The van der Waals surface area contributed by atoms with Gasteiger partial charge in [-0.2, -0.15) is 0 Å². The lowest BCUT2D eigenvalue weighted by Crippen LogP contribution is -2.38. The van der Waals surface area contributed by atoms with Crippen LogP contribution >= 0.6 is 0 Å². The summed E-state index contributed by atoms with van der Waals surface area (Å²) in [5, 5.41) is 9.97. The number of nitrogens with zero attached hydrogens (tertiary/aromatic N) is 2. The highest BCUT2D eigenvalue weighted by molar-refractivity contribution is 5.89. The number of hydrogen-bond acceptors (Lipinski definition) is 4. The molecule has 0 aliphatic carbocycles. The Kier molecular flexibility index (Phi) is 5.07. The van der Waals surface area contributed by atoms with E-state index in [9.17, 15) is 4.39 Å². The fourth-order valence-electron chi connectivity index (χ4n) is 0.724. The molecule has 1 unspecified atom stereocenters. The number of nitrogens with two attached hydrogens (primary N) is 1. The minimum absolute atomic E-state index is 0.125. The van der Waals surface area contributed by atoms with Crippen molar-refractivity contribution in [3.63, 3.8) is 0 Å². The standard InChI is InChI=1S/C11H18FN3O/c1-6-10(8(2)15(5)16)7-14-9(3)11(4,12)13/h6-7,16H,1-2,13H2,3-5H3/b10-7+,14-9+. The lowest BCUT2D eigenvalue weighted by molar-refractivity contribution is -0.0242. The topological polar surface area (TPSA) is 61.8 Å². The molecule has 0 amide bonds. The summed E-state index contributed by atoms with van der Waals surface area (Å²) in [4.78, 5) is 3.85. The third kappa shape index (κ3) is 4.37. The summed E-state index contributed by atoms with van der Waals surface area (Å²) >= 11 is 0. The second-order valence-electron chi connectivity index (χ2n) is 3.55. The van der Waals surface area contributed by atoms with Gasteiger partial charge in [-0.15, -0.1) is 0 Å². The average molecular weight is 227 g/mol. The molecule has 0 aromatic carbocycles. The van der Waals surface area contributed by atoms with Crippen LogP contribution in [0.15, 0.2) is 41.7 Å². The zero-order chi connectivity index (χ0) is 12.9. The Morgan fingerprint density at radius 3 is 2.44 bits per heavy atom. The Balaban J connectivity index is 5.01. The van der Waals surface area contributed by atoms with Gasteiger partial charge in [0, 0.05) is 18.8 Å². The minimum atomic E-state index is -1.96. The van der Waals surface area contributed by atoms with E-state index in [2.05, 4.69) is 18.2 Å². The molecule has 0 saturated heterocycles. The minimum Gasteiger partial charge on any atom is -0.295 e. The molecular weight excluding hydrogens is 209 g/mol. The molecule has 0 aromatic rings. The molecule has 0 fully saturated rings. The van der Waals surface area contributed by atoms with Crippen molar-refractivity contribution in [1.29, 1.82) is 0 Å². The molecular formula is C11H18FN3O. The number of halogens is 1. The average Bonchev–Trinajstić information content (AvgIpc) is 2.16. The van der Waals surface area contributed by atoms with Gasteiger partial charge in [0.05, 0.1) is 11.4 Å². The fourth-order valence-corrected chi connectivity index (χ4v) is 0.724. The molecule has 0 bridgehead atoms. The highest BCUT2D eigenvalue weighted by Crippen LogP contribution is 2.12. The van der Waals surface area contributed by atoms with E-state index in [0.717, 1.165) is 5.06 Å². The Morgan fingerprint density at radius 2 is 2.12 bits per heavy atom. The molecule has 4 nitrogen and oxygen atoms in total. The third-order valence-corrected chi connectivity index (χ3v) is 2.05. The predicted octanol–water partition coefficient (Wildman–Crippen LogP) is 2.00. The smallest absolute Gasteiger partial charge is 0.194 e. The Bertz CT molecular complexity index is 338. The van der Waals surface area contributed by atoms with Gasteiger partial charge in [-0.1, -0.05) is 19.2 Å². The molecule has 0 heterocycles. The van der Waals surface area contributed by atoms with Gasteiger partial charge in [0.2, 0.25) is 0 Å². The fraction of sp³-hybridized carbons (Fsp3) is 0.364. The van der Waals surface area contributed by atoms with Crippen LogP contribution in [0.2, 0.25) is 0 Å². The second kappa shape index (κ2) is 5.58. The summed E-state index contributed by atoms with van der Waals surface area (Å²) < 4.78 is 13.2. The monoisotopic (exact) mass is 227 g/mol. The van der Waals surface area contributed by atoms with E-state index in [1.54, 1.807) is 0 Å². The van der Waals surface area contributed by atoms with Gasteiger partial charge in [-0.25, -0.2) is 4.39 Å². The van der Waals surface area contributed by atoms with E-state index >= 15 is 0 Å². The first kappa shape index (κ1) is 14.5. The van der Waals surface area contributed by atoms with Crippen molar-refractivity contribution in [2.24, 2.45) is 10.7 Å². The number of rotatable bonds is 5. The summed E-state index contributed by atoms with van der Waals surface area (Å²) in [5.74, 6) is -1.96. The van der Waals surface area contributed by atoms with E-state index in [1.165, 1.54) is 33.2 Å². The van der Waals surface area contributed by atoms with Gasteiger partial charge in [0.1, 0.15) is 0 Å². The normalized spacial score (nSPS) is 16.6. The van der Waals surface area contributed by atoms with Crippen LogP contribution in [-0.2, 0) is 0 Å². The van der Waals surface area contributed by atoms with Crippen LogP contribution in [-0.4, -0.2) is 28.8 Å². The zero-order valence-corrected chi connectivity index (χ0v) is 9.87. The van der Waals surface area contributed by atoms with E-state index < -0.39 is 5.79 Å². The molecule has 5 heteroatoms. The number of allylic oxidation sites excluding steroid dienone is 1. The Morgan fingerprint density at radius 1 is 1.62 bits per heavy atom. The van der Waals surface area contributed by atoms with Crippen molar-refractivity contribution in [2.45, 2.75) is 19.6 Å². The van der Waals surface area contributed by atoms with Crippen molar-refractivity contribution in [2.75, 3.05) is 7.05 Å². The molecule has 0 rings (SSSR count). The van der Waals surface area contributed by atoms with Gasteiger partial charge in [-0.05, 0) is 13.8 Å².